The number of amides is 2. The molecule has 0 spiro atoms. The summed E-state index contributed by atoms with van der Waals surface area (Å²) in [5.74, 6) is -0.364. The Kier molecular flexibility index (Phi) is 7.82. The van der Waals surface area contributed by atoms with Crippen LogP contribution in [0.1, 0.15) is 55.2 Å². The number of anilines is 1. The van der Waals surface area contributed by atoms with Crippen LogP contribution in [0.5, 0.6) is 0 Å². The zero-order chi connectivity index (χ0) is 25.9. The van der Waals surface area contributed by atoms with E-state index in [1.54, 1.807) is 0 Å². The Morgan fingerprint density at radius 2 is 2.06 bits per heavy atom. The van der Waals surface area contributed by atoms with Crippen LogP contribution in [0.2, 0.25) is 0 Å². The van der Waals surface area contributed by atoms with Crippen molar-refractivity contribution in [3.8, 4) is 0 Å². The molecule has 5 atom stereocenters. The molecule has 1 saturated carbocycles. The van der Waals surface area contributed by atoms with E-state index in [1.165, 1.54) is 17.4 Å². The summed E-state index contributed by atoms with van der Waals surface area (Å²) >= 11 is 1.36. The number of ether oxygens (including phenoxy) is 1. The maximum atomic E-state index is 13.2. The largest absolute Gasteiger partial charge is 0.445 e. The van der Waals surface area contributed by atoms with Crippen LogP contribution in [0.25, 0.3) is 0 Å². The lowest BCUT2D eigenvalue weighted by atomic mass is 9.47. The van der Waals surface area contributed by atoms with Gasteiger partial charge in [0.1, 0.15) is 6.61 Å². The molecular weight excluding hydrogens is 478 g/mol. The van der Waals surface area contributed by atoms with Crippen LogP contribution >= 0.6 is 11.3 Å². The van der Waals surface area contributed by atoms with Gasteiger partial charge >= 0.3 is 6.09 Å². The van der Waals surface area contributed by atoms with E-state index in [1.807, 2.05) is 37.3 Å². The second-order valence-corrected chi connectivity index (χ2v) is 11.4. The number of aliphatic hydroxyl groups excluding tert-OH is 2. The summed E-state index contributed by atoms with van der Waals surface area (Å²) in [4.78, 5) is 31.0. The third-order valence-electron chi connectivity index (χ3n) is 8.16. The summed E-state index contributed by atoms with van der Waals surface area (Å²) in [6.45, 7) is 8.02. The van der Waals surface area contributed by atoms with Crippen molar-refractivity contribution in [1.82, 2.24) is 10.3 Å². The molecule has 1 aromatic heterocycles. The highest BCUT2D eigenvalue weighted by Gasteiger charge is 2.59. The molecule has 0 bridgehead atoms. The van der Waals surface area contributed by atoms with E-state index in [4.69, 9.17) is 9.72 Å². The number of rotatable bonds is 8. The molecule has 2 amide bonds. The highest BCUT2D eigenvalue weighted by Crippen LogP contribution is 2.62. The fourth-order valence-electron chi connectivity index (χ4n) is 6.01. The van der Waals surface area contributed by atoms with Crippen molar-refractivity contribution >= 4 is 28.5 Å². The predicted molar refractivity (Wildman–Crippen MR) is 139 cm³/mol. The lowest BCUT2D eigenvalue weighted by Crippen LogP contribution is -2.57. The average Bonchev–Trinajstić information content (AvgIpc) is 3.27. The molecular formula is C27H35N3O5S. The van der Waals surface area contributed by atoms with Crippen LogP contribution in [-0.4, -0.2) is 46.5 Å². The first-order valence-corrected chi connectivity index (χ1v) is 13.2. The second-order valence-electron chi connectivity index (χ2n) is 10.3. The zero-order valence-corrected chi connectivity index (χ0v) is 21.6. The minimum atomic E-state index is -0.704. The Bertz CT molecular complexity index is 1110. The van der Waals surface area contributed by atoms with Crippen molar-refractivity contribution in [3.63, 3.8) is 0 Å². The fourth-order valence-corrected chi connectivity index (χ4v) is 7.07. The number of fused-ring (bicyclic) bond motifs is 2. The molecule has 2 aromatic rings. The molecule has 2 aliphatic rings. The van der Waals surface area contributed by atoms with Gasteiger partial charge in [-0.15, -0.1) is 11.3 Å². The third-order valence-corrected chi connectivity index (χ3v) is 9.17. The van der Waals surface area contributed by atoms with Gasteiger partial charge in [-0.2, -0.15) is 0 Å². The molecule has 1 heterocycles. The maximum absolute atomic E-state index is 13.2. The summed E-state index contributed by atoms with van der Waals surface area (Å²) in [5.41, 5.74) is 0.766. The number of hydrogen-bond acceptors (Lipinski definition) is 7. The SMILES string of the molecule is C=CCOC(=O)Nc1nc2c(s1)CC1C(C)(CO)C(O)CCC1(C)C2CC(=O)NCc1ccccc1. The number of benzene rings is 1. The molecule has 0 saturated heterocycles. The minimum Gasteiger partial charge on any atom is -0.445 e. The topological polar surface area (TPSA) is 121 Å². The van der Waals surface area contributed by atoms with Gasteiger partial charge in [0.05, 0.1) is 18.4 Å². The number of carbonyl (C=O) groups excluding carboxylic acids is 2. The molecule has 0 aliphatic heterocycles. The van der Waals surface area contributed by atoms with Crippen LogP contribution < -0.4 is 10.6 Å². The molecule has 1 fully saturated rings. The van der Waals surface area contributed by atoms with Gasteiger partial charge in [0.15, 0.2) is 5.13 Å². The molecule has 0 radical (unpaired) electrons. The number of carbonyl (C=O) groups is 2. The molecule has 8 nitrogen and oxygen atoms in total. The standard InChI is InChI=1S/C27H35N3O5S/c1-4-12-35-25(34)30-24-29-23-18(13-22(33)28-15-17-8-6-5-7-9-17)26(2)11-10-21(32)27(3,16-31)20(26)14-19(23)36-24/h4-9,18,20-21,31-32H,1,10-16H2,2-3H3,(H,28,33)(H,29,30,34). The van der Waals surface area contributed by atoms with Crippen LogP contribution in [0.15, 0.2) is 43.0 Å². The van der Waals surface area contributed by atoms with Crippen LogP contribution in [0, 0.1) is 16.7 Å². The average molecular weight is 514 g/mol. The molecule has 194 valence electrons. The predicted octanol–water partition coefficient (Wildman–Crippen LogP) is 4.00. The normalized spacial score (nSPS) is 28.9. The highest BCUT2D eigenvalue weighted by molar-refractivity contribution is 7.15. The van der Waals surface area contributed by atoms with Gasteiger partial charge in [0.2, 0.25) is 5.91 Å². The fraction of sp³-hybridized carbons (Fsp3) is 0.519. The molecule has 5 unspecified atom stereocenters. The van der Waals surface area contributed by atoms with E-state index in [9.17, 15) is 19.8 Å². The Hall–Kier alpha value is -2.75. The molecule has 1 aromatic carbocycles. The first kappa shape index (κ1) is 26.3. The number of nitrogens with zero attached hydrogens (tertiary/aromatic N) is 1. The van der Waals surface area contributed by atoms with Gasteiger partial charge in [-0.3, -0.25) is 10.1 Å². The summed E-state index contributed by atoms with van der Waals surface area (Å²) < 4.78 is 5.04. The smallest absolute Gasteiger partial charge is 0.413 e. The zero-order valence-electron chi connectivity index (χ0n) is 20.8. The molecule has 2 aliphatic carbocycles. The summed E-state index contributed by atoms with van der Waals surface area (Å²) in [6, 6.07) is 9.75. The van der Waals surface area contributed by atoms with Gasteiger partial charge < -0.3 is 20.3 Å². The Balaban J connectivity index is 1.63. The van der Waals surface area contributed by atoms with E-state index in [-0.39, 0.29) is 42.8 Å². The van der Waals surface area contributed by atoms with Gasteiger partial charge in [0.25, 0.3) is 0 Å². The Morgan fingerprint density at radius 1 is 1.31 bits per heavy atom. The molecule has 4 N–H and O–H groups in total. The van der Waals surface area contributed by atoms with E-state index in [0.717, 1.165) is 16.1 Å². The monoisotopic (exact) mass is 513 g/mol. The van der Waals surface area contributed by atoms with Crippen LogP contribution in [-0.2, 0) is 22.5 Å². The van der Waals surface area contributed by atoms with Crippen molar-refractivity contribution < 1.29 is 24.5 Å². The quantitative estimate of drug-likeness (QED) is 0.396. The molecule has 4 rings (SSSR count). The van der Waals surface area contributed by atoms with E-state index >= 15 is 0 Å². The van der Waals surface area contributed by atoms with Crippen LogP contribution in [0.4, 0.5) is 9.93 Å². The lowest BCUT2D eigenvalue weighted by molar-refractivity contribution is -0.144. The molecule has 9 heteroatoms. The lowest BCUT2D eigenvalue weighted by Gasteiger charge is -2.58. The second kappa shape index (κ2) is 10.7. The van der Waals surface area contributed by atoms with Gasteiger partial charge in [-0.1, -0.05) is 56.8 Å². The van der Waals surface area contributed by atoms with E-state index in [0.29, 0.717) is 30.9 Å². The number of aliphatic hydroxyl groups is 2. The number of nitrogens with one attached hydrogen (secondary N) is 2. The maximum Gasteiger partial charge on any atom is 0.413 e. The Labute approximate surface area is 215 Å². The van der Waals surface area contributed by atoms with Gasteiger partial charge in [-0.25, -0.2) is 9.78 Å². The first-order chi connectivity index (χ1) is 17.2. The van der Waals surface area contributed by atoms with E-state index in [2.05, 4.69) is 24.1 Å². The minimum absolute atomic E-state index is 0.0563. The van der Waals surface area contributed by atoms with Crippen LogP contribution in [0.3, 0.4) is 0 Å². The first-order valence-electron chi connectivity index (χ1n) is 12.3. The van der Waals surface area contributed by atoms with Crippen molar-refractivity contribution in [3.05, 3.63) is 59.1 Å². The van der Waals surface area contributed by atoms with Crippen molar-refractivity contribution in [1.29, 1.82) is 0 Å². The Morgan fingerprint density at radius 3 is 2.75 bits per heavy atom. The molecule has 36 heavy (non-hydrogen) atoms. The summed E-state index contributed by atoms with van der Waals surface area (Å²) in [6.07, 6.45) is 2.35. The van der Waals surface area contributed by atoms with Crippen molar-refractivity contribution in [2.75, 3.05) is 18.5 Å². The van der Waals surface area contributed by atoms with Gasteiger partial charge in [-0.05, 0) is 36.2 Å². The van der Waals surface area contributed by atoms with Crippen molar-refractivity contribution in [2.24, 2.45) is 16.7 Å². The number of hydrogen-bond donors (Lipinski definition) is 4. The van der Waals surface area contributed by atoms with Gasteiger partial charge in [0, 0.05) is 29.2 Å². The summed E-state index contributed by atoms with van der Waals surface area (Å²) in [7, 11) is 0. The highest BCUT2D eigenvalue weighted by atomic mass is 32.1. The van der Waals surface area contributed by atoms with Crippen molar-refractivity contribution in [2.45, 2.75) is 58.1 Å². The summed E-state index contributed by atoms with van der Waals surface area (Å²) in [5, 5.41) is 27.4. The van der Waals surface area contributed by atoms with E-state index < -0.39 is 17.6 Å². The third kappa shape index (κ3) is 5.05. The number of thiazole rings is 1. The number of aromatic nitrogens is 1.